The molecule has 2 rings (SSSR count). The Balaban J connectivity index is 2.47. The first-order valence-electron chi connectivity index (χ1n) is 3.97. The number of hydrogen-bond donors (Lipinski definition) is 1. The molecule has 72 valence electrons. The van der Waals surface area contributed by atoms with Crippen LogP contribution >= 0.6 is 27.5 Å². The van der Waals surface area contributed by atoms with Crippen LogP contribution in [-0.4, -0.2) is 0 Å². The summed E-state index contributed by atoms with van der Waals surface area (Å²) in [5.74, 6) is 0.763. The molecular formula is C10H7BrClNO. The molecular weight excluding hydrogens is 265 g/mol. The molecule has 0 saturated carbocycles. The minimum absolute atomic E-state index is 0.537. The van der Waals surface area contributed by atoms with E-state index in [2.05, 4.69) is 15.9 Å². The lowest BCUT2D eigenvalue weighted by molar-refractivity contribution is 0.556. The van der Waals surface area contributed by atoms with E-state index in [1.54, 1.807) is 12.1 Å². The summed E-state index contributed by atoms with van der Waals surface area (Å²) in [5, 5.41) is 0.537. The van der Waals surface area contributed by atoms with Crippen LogP contribution < -0.4 is 5.73 Å². The van der Waals surface area contributed by atoms with Crippen LogP contribution in [0.5, 0.6) is 0 Å². The second-order valence-electron chi connectivity index (χ2n) is 2.84. The van der Waals surface area contributed by atoms with Crippen LogP contribution in [0.2, 0.25) is 5.02 Å². The highest BCUT2D eigenvalue weighted by Crippen LogP contribution is 2.29. The first-order valence-corrected chi connectivity index (χ1v) is 5.14. The summed E-state index contributed by atoms with van der Waals surface area (Å²) in [6.45, 7) is 0. The summed E-state index contributed by atoms with van der Waals surface area (Å²) in [7, 11) is 0. The SMILES string of the molecule is Nc1ccc(-c2ccc(Br)o2)cc1Cl. The van der Waals surface area contributed by atoms with Gasteiger partial charge in [0.2, 0.25) is 0 Å². The van der Waals surface area contributed by atoms with Crippen molar-refractivity contribution >= 4 is 33.2 Å². The molecule has 0 radical (unpaired) electrons. The number of nitrogens with two attached hydrogens (primary N) is 1. The Morgan fingerprint density at radius 3 is 2.57 bits per heavy atom. The predicted molar refractivity (Wildman–Crippen MR) is 61.3 cm³/mol. The Kier molecular flexibility index (Phi) is 2.52. The topological polar surface area (TPSA) is 39.2 Å². The van der Waals surface area contributed by atoms with Crippen LogP contribution in [0.15, 0.2) is 39.4 Å². The quantitative estimate of drug-likeness (QED) is 0.799. The number of halogens is 2. The van der Waals surface area contributed by atoms with Gasteiger partial charge in [0, 0.05) is 5.56 Å². The number of furan rings is 1. The first-order chi connectivity index (χ1) is 6.66. The fourth-order valence-electron chi connectivity index (χ4n) is 1.15. The molecule has 0 atom stereocenters. The normalized spacial score (nSPS) is 10.4. The zero-order valence-corrected chi connectivity index (χ0v) is 9.47. The molecule has 0 amide bonds. The largest absolute Gasteiger partial charge is 0.449 e. The molecule has 0 aliphatic heterocycles. The van der Waals surface area contributed by atoms with Crippen molar-refractivity contribution in [2.45, 2.75) is 0 Å². The van der Waals surface area contributed by atoms with Crippen molar-refractivity contribution in [1.82, 2.24) is 0 Å². The molecule has 1 heterocycles. The van der Waals surface area contributed by atoms with Gasteiger partial charge in [0.1, 0.15) is 5.76 Å². The Morgan fingerprint density at radius 2 is 2.00 bits per heavy atom. The minimum atomic E-state index is 0.537. The van der Waals surface area contributed by atoms with E-state index in [9.17, 15) is 0 Å². The average Bonchev–Trinajstić information content (AvgIpc) is 2.57. The summed E-state index contributed by atoms with van der Waals surface area (Å²) in [6.07, 6.45) is 0. The lowest BCUT2D eigenvalue weighted by Crippen LogP contribution is -1.85. The maximum Gasteiger partial charge on any atom is 0.169 e. The summed E-state index contributed by atoms with van der Waals surface area (Å²) >= 11 is 9.13. The molecule has 1 aromatic carbocycles. The third-order valence-corrected chi connectivity index (χ3v) is 2.61. The van der Waals surface area contributed by atoms with Crippen LogP contribution in [0.3, 0.4) is 0 Å². The van der Waals surface area contributed by atoms with Crippen molar-refractivity contribution < 1.29 is 4.42 Å². The number of nitrogen functional groups attached to an aromatic ring is 1. The van der Waals surface area contributed by atoms with Gasteiger partial charge in [0.05, 0.1) is 10.7 Å². The molecule has 2 aromatic rings. The van der Waals surface area contributed by atoms with Gasteiger partial charge in [-0.15, -0.1) is 0 Å². The summed E-state index contributed by atoms with van der Waals surface area (Å²) < 4.78 is 6.08. The van der Waals surface area contributed by atoms with E-state index in [0.717, 1.165) is 11.3 Å². The smallest absolute Gasteiger partial charge is 0.169 e. The fraction of sp³-hybridized carbons (Fsp3) is 0. The average molecular weight is 273 g/mol. The van der Waals surface area contributed by atoms with Gasteiger partial charge in [-0.2, -0.15) is 0 Å². The molecule has 0 bridgehead atoms. The van der Waals surface area contributed by atoms with E-state index < -0.39 is 0 Å². The Labute approximate surface area is 94.8 Å². The Morgan fingerprint density at radius 1 is 1.21 bits per heavy atom. The summed E-state index contributed by atoms with van der Waals surface area (Å²) in [4.78, 5) is 0. The second kappa shape index (κ2) is 3.67. The van der Waals surface area contributed by atoms with Crippen molar-refractivity contribution in [1.29, 1.82) is 0 Å². The van der Waals surface area contributed by atoms with Crippen LogP contribution in [0.1, 0.15) is 0 Å². The highest BCUT2D eigenvalue weighted by Gasteiger charge is 2.04. The third-order valence-electron chi connectivity index (χ3n) is 1.86. The van der Waals surface area contributed by atoms with E-state index in [1.807, 2.05) is 18.2 Å². The Hall–Kier alpha value is -0.930. The number of anilines is 1. The molecule has 0 aliphatic carbocycles. The molecule has 1 aromatic heterocycles. The van der Waals surface area contributed by atoms with Gasteiger partial charge in [-0.25, -0.2) is 0 Å². The van der Waals surface area contributed by atoms with E-state index in [4.69, 9.17) is 21.8 Å². The van der Waals surface area contributed by atoms with Crippen molar-refractivity contribution in [2.75, 3.05) is 5.73 Å². The lowest BCUT2D eigenvalue weighted by atomic mass is 10.1. The number of rotatable bonds is 1. The van der Waals surface area contributed by atoms with Gasteiger partial charge < -0.3 is 10.2 Å². The van der Waals surface area contributed by atoms with Gasteiger partial charge in [0.15, 0.2) is 4.67 Å². The standard InChI is InChI=1S/C10H7BrClNO/c11-10-4-3-9(14-10)6-1-2-8(13)7(12)5-6/h1-5H,13H2. The summed E-state index contributed by atoms with van der Waals surface area (Å²) in [5.41, 5.74) is 7.08. The molecule has 2 nitrogen and oxygen atoms in total. The maximum atomic E-state index is 5.89. The zero-order chi connectivity index (χ0) is 10.1. The van der Waals surface area contributed by atoms with Crippen molar-refractivity contribution in [3.63, 3.8) is 0 Å². The highest BCUT2D eigenvalue weighted by molar-refractivity contribution is 9.10. The molecule has 14 heavy (non-hydrogen) atoms. The van der Waals surface area contributed by atoms with Crippen molar-refractivity contribution in [3.8, 4) is 11.3 Å². The second-order valence-corrected chi connectivity index (χ2v) is 4.03. The molecule has 0 unspecified atom stereocenters. The lowest BCUT2D eigenvalue weighted by Gasteiger charge is -2.00. The van der Waals surface area contributed by atoms with Gasteiger partial charge in [-0.05, 0) is 46.3 Å². The Bertz CT molecular complexity index is 467. The molecule has 0 spiro atoms. The maximum absolute atomic E-state index is 5.89. The minimum Gasteiger partial charge on any atom is -0.449 e. The third kappa shape index (κ3) is 1.79. The van der Waals surface area contributed by atoms with Gasteiger partial charge >= 0.3 is 0 Å². The van der Waals surface area contributed by atoms with E-state index >= 15 is 0 Å². The monoisotopic (exact) mass is 271 g/mol. The van der Waals surface area contributed by atoms with Crippen molar-refractivity contribution in [2.24, 2.45) is 0 Å². The van der Waals surface area contributed by atoms with Gasteiger partial charge in [0.25, 0.3) is 0 Å². The molecule has 0 saturated heterocycles. The predicted octanol–water partition coefficient (Wildman–Crippen LogP) is 3.94. The number of hydrogen-bond acceptors (Lipinski definition) is 2. The van der Waals surface area contributed by atoms with E-state index in [1.165, 1.54) is 0 Å². The van der Waals surface area contributed by atoms with Gasteiger partial charge in [-0.1, -0.05) is 11.6 Å². The fourth-order valence-corrected chi connectivity index (χ4v) is 1.64. The molecule has 0 aliphatic rings. The van der Waals surface area contributed by atoms with Gasteiger partial charge in [-0.3, -0.25) is 0 Å². The molecule has 2 N–H and O–H groups in total. The van der Waals surface area contributed by atoms with E-state index in [0.29, 0.717) is 15.4 Å². The van der Waals surface area contributed by atoms with Crippen molar-refractivity contribution in [3.05, 3.63) is 40.0 Å². The van der Waals surface area contributed by atoms with Crippen LogP contribution in [-0.2, 0) is 0 Å². The summed E-state index contributed by atoms with van der Waals surface area (Å²) in [6, 6.07) is 9.11. The molecule has 0 fully saturated rings. The highest BCUT2D eigenvalue weighted by atomic mass is 79.9. The van der Waals surface area contributed by atoms with Crippen LogP contribution in [0.25, 0.3) is 11.3 Å². The van der Waals surface area contributed by atoms with Crippen LogP contribution in [0, 0.1) is 0 Å². The zero-order valence-electron chi connectivity index (χ0n) is 7.13. The molecule has 4 heteroatoms. The first kappa shape index (κ1) is 9.62. The van der Waals surface area contributed by atoms with E-state index in [-0.39, 0.29) is 0 Å². The number of benzene rings is 1. The van der Waals surface area contributed by atoms with Crippen LogP contribution in [0.4, 0.5) is 5.69 Å².